The number of unbranched alkanes of at least 4 members (excludes halogenated alkanes) is 1. The number of hydrogen-bond donors (Lipinski definition) is 3. The molecule has 1 aliphatic heterocycles. The second-order valence-electron chi connectivity index (χ2n) is 9.49. The fraction of sp³-hybridized carbons (Fsp3) is 0.536. The molecule has 0 bridgehead atoms. The molecular weight excluding hydrogens is 510 g/mol. The fourth-order valence-electron chi connectivity index (χ4n) is 4.33. The lowest BCUT2D eigenvalue weighted by molar-refractivity contribution is -0.139. The Bertz CT molecular complexity index is 1030. The van der Waals surface area contributed by atoms with Gasteiger partial charge in [-0.3, -0.25) is 0 Å². The minimum atomic E-state index is -2.54. The van der Waals surface area contributed by atoms with Gasteiger partial charge >= 0.3 is 12.1 Å². The molecule has 1 amide bonds. The Kier molecular flexibility index (Phi) is 12.9. The van der Waals surface area contributed by atoms with E-state index < -0.39 is 31.1 Å². The smallest absolute Gasteiger partial charge is 0.408 e. The molecule has 0 aliphatic carbocycles. The van der Waals surface area contributed by atoms with Gasteiger partial charge in [-0.05, 0) is 62.3 Å². The van der Waals surface area contributed by atoms with E-state index in [4.69, 9.17) is 14.5 Å². The van der Waals surface area contributed by atoms with Crippen LogP contribution in [0.2, 0.25) is 0 Å². The van der Waals surface area contributed by atoms with Crippen LogP contribution in [0, 0.1) is 0 Å². The molecule has 214 valence electrons. The largest absolute Gasteiger partial charge is 0.480 e. The van der Waals surface area contributed by atoms with Crippen LogP contribution in [-0.4, -0.2) is 78.9 Å². The third-order valence-corrected chi connectivity index (χ3v) is 6.44. The number of hydrogen-bond acceptors (Lipinski definition) is 7. The minimum absolute atomic E-state index is 0.0295. The highest BCUT2D eigenvalue weighted by Crippen LogP contribution is 2.20. The van der Waals surface area contributed by atoms with Gasteiger partial charge in [0, 0.05) is 25.3 Å². The molecule has 3 rings (SSSR count). The number of anilines is 1. The van der Waals surface area contributed by atoms with Gasteiger partial charge in [0.1, 0.15) is 25.1 Å². The molecule has 0 saturated carbocycles. The normalized spacial score (nSPS) is 13.5. The molecule has 0 spiro atoms. The van der Waals surface area contributed by atoms with E-state index in [1.807, 2.05) is 23.1 Å². The molecule has 1 aromatic carbocycles. The monoisotopic (exact) mass is 548 g/mol. The van der Waals surface area contributed by atoms with Gasteiger partial charge in [-0.15, -0.1) is 0 Å². The van der Waals surface area contributed by atoms with E-state index in [9.17, 15) is 23.5 Å². The molecule has 1 aromatic heterocycles. The Balaban J connectivity index is 1.45. The molecule has 2 heterocycles. The number of alkyl carbamates (subject to hydrolysis) is 1. The first kappa shape index (κ1) is 30.2. The molecule has 11 heteroatoms. The number of carbonyl (C=O) groups is 2. The maximum Gasteiger partial charge on any atom is 0.408 e. The predicted octanol–water partition coefficient (Wildman–Crippen LogP) is 4.12. The first-order valence-electron chi connectivity index (χ1n) is 13.4. The van der Waals surface area contributed by atoms with Gasteiger partial charge in [-0.25, -0.2) is 23.4 Å². The van der Waals surface area contributed by atoms with Crippen molar-refractivity contribution in [2.45, 2.75) is 57.6 Å². The maximum absolute atomic E-state index is 12.4. The van der Waals surface area contributed by atoms with Gasteiger partial charge in [0.15, 0.2) is 0 Å². The van der Waals surface area contributed by atoms with E-state index in [1.165, 1.54) is 5.56 Å². The second-order valence-corrected chi connectivity index (χ2v) is 9.49. The van der Waals surface area contributed by atoms with Crippen LogP contribution >= 0.6 is 0 Å². The third-order valence-electron chi connectivity index (χ3n) is 6.44. The van der Waals surface area contributed by atoms with Crippen molar-refractivity contribution in [1.82, 2.24) is 15.2 Å². The summed E-state index contributed by atoms with van der Waals surface area (Å²) in [5.74, 6) is -0.210. The summed E-state index contributed by atoms with van der Waals surface area (Å²) in [4.78, 5) is 30.6. The predicted molar refractivity (Wildman–Crippen MR) is 143 cm³/mol. The summed E-state index contributed by atoms with van der Waals surface area (Å²) < 4.78 is 35.1. The summed E-state index contributed by atoms with van der Waals surface area (Å²) in [6.45, 7) is 1.77. The molecule has 0 saturated heterocycles. The molecule has 0 radical (unpaired) electrons. The number of aromatic nitrogens is 1. The number of ether oxygens (including phenoxy) is 2. The number of rotatable bonds is 17. The lowest BCUT2D eigenvalue weighted by atomic mass is 10.1. The van der Waals surface area contributed by atoms with Gasteiger partial charge in [0.2, 0.25) is 0 Å². The molecule has 0 fully saturated rings. The van der Waals surface area contributed by atoms with Gasteiger partial charge in [0.25, 0.3) is 6.43 Å². The second kappa shape index (κ2) is 16.6. The Labute approximate surface area is 227 Å². The van der Waals surface area contributed by atoms with Crippen molar-refractivity contribution in [2.75, 3.05) is 44.7 Å². The number of carbonyl (C=O) groups excluding carboxylic acids is 1. The fourth-order valence-corrected chi connectivity index (χ4v) is 4.33. The van der Waals surface area contributed by atoms with E-state index in [2.05, 4.69) is 22.8 Å². The average molecular weight is 549 g/mol. The quantitative estimate of drug-likeness (QED) is 0.253. The molecule has 1 aliphatic rings. The lowest BCUT2D eigenvalue weighted by Crippen LogP contribution is -2.43. The van der Waals surface area contributed by atoms with E-state index >= 15 is 0 Å². The number of alkyl halides is 2. The third kappa shape index (κ3) is 11.5. The van der Waals surface area contributed by atoms with Crippen LogP contribution in [0.4, 0.5) is 19.4 Å². The van der Waals surface area contributed by atoms with Gasteiger partial charge in [-0.1, -0.05) is 36.4 Å². The van der Waals surface area contributed by atoms with Crippen molar-refractivity contribution in [1.29, 1.82) is 0 Å². The molecular formula is C28H38F2N4O5. The summed E-state index contributed by atoms with van der Waals surface area (Å²) in [6.07, 6.45) is 1.40. The number of nitrogens with zero attached hydrogens (tertiary/aromatic N) is 2. The average Bonchev–Trinajstić information content (AvgIpc) is 2.94. The molecule has 3 N–H and O–H groups in total. The van der Waals surface area contributed by atoms with Gasteiger partial charge in [-0.2, -0.15) is 0 Å². The van der Waals surface area contributed by atoms with E-state index in [-0.39, 0.29) is 19.6 Å². The number of nitrogens with one attached hydrogen (secondary N) is 2. The van der Waals surface area contributed by atoms with Crippen molar-refractivity contribution in [3.63, 3.8) is 0 Å². The van der Waals surface area contributed by atoms with Crippen LogP contribution in [0.3, 0.4) is 0 Å². The highest BCUT2D eigenvalue weighted by Gasteiger charge is 2.22. The number of aryl methyl sites for hydroxylation is 2. The number of carboxylic acid groups (broad SMARTS) is 1. The van der Waals surface area contributed by atoms with Crippen LogP contribution in [0.15, 0.2) is 42.5 Å². The number of halogens is 2. The van der Waals surface area contributed by atoms with E-state index in [0.717, 1.165) is 55.7 Å². The molecule has 1 unspecified atom stereocenters. The van der Waals surface area contributed by atoms with Crippen molar-refractivity contribution < 1.29 is 33.0 Å². The van der Waals surface area contributed by atoms with Crippen molar-refractivity contribution >= 4 is 17.9 Å². The summed E-state index contributed by atoms with van der Waals surface area (Å²) in [5.41, 5.74) is 3.04. The molecule has 39 heavy (non-hydrogen) atoms. The number of carboxylic acids is 1. The summed E-state index contributed by atoms with van der Waals surface area (Å²) in [6, 6.07) is 12.1. The van der Waals surface area contributed by atoms with Crippen molar-refractivity contribution in [3.05, 3.63) is 59.3 Å². The van der Waals surface area contributed by atoms with Gasteiger partial charge in [0.05, 0.1) is 6.61 Å². The Morgan fingerprint density at radius 3 is 2.69 bits per heavy atom. The van der Waals surface area contributed by atoms with E-state index in [1.54, 1.807) is 12.1 Å². The SMILES string of the molecule is O=C(NC(CCN(CCCCc1ccc2c(n1)NCCC2)CCOCC(F)F)C(=O)O)OCc1ccccc1. The lowest BCUT2D eigenvalue weighted by Gasteiger charge is -2.24. The number of aliphatic carboxylic acids is 1. The van der Waals surface area contributed by atoms with Crippen LogP contribution in [-0.2, 0) is 33.7 Å². The van der Waals surface area contributed by atoms with Crippen molar-refractivity contribution in [3.8, 4) is 0 Å². The summed E-state index contributed by atoms with van der Waals surface area (Å²) in [5, 5.41) is 15.4. The van der Waals surface area contributed by atoms with Crippen molar-refractivity contribution in [2.24, 2.45) is 0 Å². The summed E-state index contributed by atoms with van der Waals surface area (Å²) >= 11 is 0. The standard InChI is InChI=1S/C28H38F2N4O5/c29-25(30)20-38-18-17-34(15-5-4-10-23-12-11-22-9-6-14-31-26(22)32-23)16-13-24(27(35)36)33-28(37)39-19-21-7-2-1-3-8-21/h1-3,7-8,11-12,24-25H,4-6,9-10,13-20H2,(H,31,32)(H,33,37)(H,35,36). The van der Waals surface area contributed by atoms with Crippen LogP contribution in [0.1, 0.15) is 42.5 Å². The maximum atomic E-state index is 12.4. The Morgan fingerprint density at radius 1 is 1.10 bits per heavy atom. The zero-order valence-electron chi connectivity index (χ0n) is 22.1. The van der Waals surface area contributed by atoms with Gasteiger partial charge < -0.3 is 30.1 Å². The van der Waals surface area contributed by atoms with Crippen LogP contribution in [0.25, 0.3) is 0 Å². The molecule has 1 atom stereocenters. The number of benzene rings is 1. The zero-order chi connectivity index (χ0) is 27.9. The van der Waals surface area contributed by atoms with Crippen LogP contribution in [0.5, 0.6) is 0 Å². The first-order valence-corrected chi connectivity index (χ1v) is 13.4. The zero-order valence-corrected chi connectivity index (χ0v) is 22.1. The highest BCUT2D eigenvalue weighted by atomic mass is 19.3. The highest BCUT2D eigenvalue weighted by molar-refractivity contribution is 5.79. The first-order chi connectivity index (χ1) is 18.9. The number of pyridine rings is 1. The van der Waals surface area contributed by atoms with E-state index in [0.29, 0.717) is 19.6 Å². The molecule has 9 nitrogen and oxygen atoms in total. The molecule has 2 aromatic rings. The topological polar surface area (TPSA) is 113 Å². The summed E-state index contributed by atoms with van der Waals surface area (Å²) in [7, 11) is 0. The minimum Gasteiger partial charge on any atom is -0.480 e. The Morgan fingerprint density at radius 2 is 1.92 bits per heavy atom. The number of amides is 1. The number of fused-ring (bicyclic) bond motifs is 1. The van der Waals surface area contributed by atoms with Crippen LogP contribution < -0.4 is 10.6 Å². The Hall–Kier alpha value is -3.31.